The van der Waals surface area contributed by atoms with E-state index in [0.717, 1.165) is 0 Å². The van der Waals surface area contributed by atoms with Crippen molar-refractivity contribution in [1.29, 1.82) is 0 Å². The number of aliphatic carboxylic acids is 1. The second kappa shape index (κ2) is 7.38. The lowest BCUT2D eigenvalue weighted by atomic mass is 10.00. The lowest BCUT2D eigenvalue weighted by molar-refractivity contribution is -0.146. The molecule has 2 unspecified atom stereocenters. The van der Waals surface area contributed by atoms with Crippen LogP contribution in [0.5, 0.6) is 0 Å². The molecule has 1 heterocycles. The molecule has 1 saturated heterocycles. The van der Waals surface area contributed by atoms with Gasteiger partial charge in [0.25, 0.3) is 0 Å². The van der Waals surface area contributed by atoms with E-state index in [1.54, 1.807) is 7.11 Å². The first-order chi connectivity index (χ1) is 9.28. The van der Waals surface area contributed by atoms with Gasteiger partial charge in [-0.3, -0.25) is 9.69 Å². The van der Waals surface area contributed by atoms with Crippen LogP contribution in [0.25, 0.3) is 0 Å². The number of carboxylic acids is 1. The van der Waals surface area contributed by atoms with Crippen molar-refractivity contribution in [3.05, 3.63) is 0 Å². The molecule has 1 fully saturated rings. The molecule has 6 nitrogen and oxygen atoms in total. The number of hydrogen-bond donors (Lipinski definition) is 1. The maximum Gasteiger partial charge on any atom is 0.321 e. The van der Waals surface area contributed by atoms with Crippen molar-refractivity contribution in [1.82, 2.24) is 4.90 Å². The zero-order valence-electron chi connectivity index (χ0n) is 12.4. The van der Waals surface area contributed by atoms with E-state index >= 15 is 0 Å². The van der Waals surface area contributed by atoms with Gasteiger partial charge >= 0.3 is 5.97 Å². The Morgan fingerprint density at radius 1 is 1.45 bits per heavy atom. The fourth-order valence-electron chi connectivity index (χ4n) is 2.79. The lowest BCUT2D eigenvalue weighted by Gasteiger charge is -2.35. The van der Waals surface area contributed by atoms with Crippen molar-refractivity contribution in [3.63, 3.8) is 0 Å². The van der Waals surface area contributed by atoms with E-state index in [1.807, 2.05) is 18.7 Å². The molecule has 0 spiro atoms. The molecule has 1 N–H and O–H groups in total. The SMILES string of the molecule is COCCCN(C1CCS(=O)(=O)C1)C(C(=O)O)C(C)C. The Labute approximate surface area is 121 Å². The maximum absolute atomic E-state index is 11.6. The van der Waals surface area contributed by atoms with E-state index < -0.39 is 21.8 Å². The summed E-state index contributed by atoms with van der Waals surface area (Å²) in [5, 5.41) is 9.44. The topological polar surface area (TPSA) is 83.9 Å². The van der Waals surface area contributed by atoms with Gasteiger partial charge < -0.3 is 9.84 Å². The Morgan fingerprint density at radius 3 is 2.50 bits per heavy atom. The van der Waals surface area contributed by atoms with Crippen LogP contribution in [0.15, 0.2) is 0 Å². The third kappa shape index (κ3) is 4.71. The van der Waals surface area contributed by atoms with Gasteiger partial charge in [-0.1, -0.05) is 13.8 Å². The number of carboxylic acid groups (broad SMARTS) is 1. The van der Waals surface area contributed by atoms with Gasteiger partial charge in [0.2, 0.25) is 0 Å². The molecule has 0 aromatic carbocycles. The molecule has 0 aromatic rings. The number of sulfone groups is 1. The van der Waals surface area contributed by atoms with E-state index in [-0.39, 0.29) is 23.5 Å². The Bertz CT molecular complexity index is 420. The van der Waals surface area contributed by atoms with Gasteiger partial charge in [-0.2, -0.15) is 0 Å². The van der Waals surface area contributed by atoms with Gasteiger partial charge in [-0.15, -0.1) is 0 Å². The molecule has 0 bridgehead atoms. The van der Waals surface area contributed by atoms with Crippen molar-refractivity contribution >= 4 is 15.8 Å². The summed E-state index contributed by atoms with van der Waals surface area (Å²) in [6.45, 7) is 4.79. The van der Waals surface area contributed by atoms with Gasteiger partial charge in [0.1, 0.15) is 6.04 Å². The molecule has 1 aliphatic heterocycles. The predicted octanol–water partition coefficient (Wildman–Crippen LogP) is 0.621. The van der Waals surface area contributed by atoms with Crippen molar-refractivity contribution in [2.24, 2.45) is 5.92 Å². The molecule has 20 heavy (non-hydrogen) atoms. The predicted molar refractivity (Wildman–Crippen MR) is 76.5 cm³/mol. The highest BCUT2D eigenvalue weighted by molar-refractivity contribution is 7.91. The summed E-state index contributed by atoms with van der Waals surface area (Å²) in [4.78, 5) is 13.4. The number of rotatable bonds is 8. The first kappa shape index (κ1) is 17.4. The summed E-state index contributed by atoms with van der Waals surface area (Å²) >= 11 is 0. The average Bonchev–Trinajstić information content (AvgIpc) is 2.67. The molecule has 2 atom stereocenters. The first-order valence-corrected chi connectivity index (χ1v) is 8.78. The number of ether oxygens (including phenoxy) is 1. The molecular formula is C13H25NO5S. The second-order valence-electron chi connectivity index (χ2n) is 5.67. The van der Waals surface area contributed by atoms with E-state index in [4.69, 9.17) is 4.74 Å². The fraction of sp³-hybridized carbons (Fsp3) is 0.923. The summed E-state index contributed by atoms with van der Waals surface area (Å²) in [5.74, 6) is -0.737. The van der Waals surface area contributed by atoms with Crippen LogP contribution in [0.3, 0.4) is 0 Å². The molecule has 1 aliphatic rings. The Morgan fingerprint density at radius 2 is 2.10 bits per heavy atom. The molecular weight excluding hydrogens is 282 g/mol. The van der Waals surface area contributed by atoms with Crippen LogP contribution in [0.2, 0.25) is 0 Å². The van der Waals surface area contributed by atoms with Crippen LogP contribution in [0.1, 0.15) is 26.7 Å². The standard InChI is InChI=1S/C13H25NO5S/c1-10(2)12(13(15)16)14(6-4-7-19-3)11-5-8-20(17,18)9-11/h10-12H,4-9H2,1-3H3,(H,15,16). The maximum atomic E-state index is 11.6. The van der Waals surface area contributed by atoms with Gasteiger partial charge in [0, 0.05) is 26.3 Å². The number of carbonyl (C=O) groups is 1. The average molecular weight is 307 g/mol. The van der Waals surface area contributed by atoms with Crippen LogP contribution >= 0.6 is 0 Å². The van der Waals surface area contributed by atoms with Crippen LogP contribution in [0.4, 0.5) is 0 Å². The summed E-state index contributed by atoms with van der Waals surface area (Å²) in [7, 11) is -1.42. The Kier molecular flexibility index (Phi) is 6.42. The molecule has 0 aliphatic carbocycles. The van der Waals surface area contributed by atoms with Crippen molar-refractivity contribution < 1.29 is 23.1 Å². The van der Waals surface area contributed by atoms with E-state index in [2.05, 4.69) is 0 Å². The normalized spacial score (nSPS) is 23.4. The fourth-order valence-corrected chi connectivity index (χ4v) is 4.53. The van der Waals surface area contributed by atoms with Crippen molar-refractivity contribution in [2.45, 2.75) is 38.8 Å². The lowest BCUT2D eigenvalue weighted by Crippen LogP contribution is -2.51. The third-order valence-corrected chi connectivity index (χ3v) is 5.43. The molecule has 1 rings (SSSR count). The van der Waals surface area contributed by atoms with Gasteiger partial charge in [-0.05, 0) is 18.8 Å². The summed E-state index contributed by atoms with van der Waals surface area (Å²) in [6.07, 6.45) is 1.22. The minimum atomic E-state index is -3.02. The van der Waals surface area contributed by atoms with E-state index in [0.29, 0.717) is 26.0 Å². The molecule has 0 amide bonds. The summed E-state index contributed by atoms with van der Waals surface area (Å²) < 4.78 is 28.3. The minimum Gasteiger partial charge on any atom is -0.480 e. The monoisotopic (exact) mass is 307 g/mol. The highest BCUT2D eigenvalue weighted by Crippen LogP contribution is 2.23. The van der Waals surface area contributed by atoms with Gasteiger partial charge in [0.05, 0.1) is 11.5 Å². The summed E-state index contributed by atoms with van der Waals surface area (Å²) in [5.41, 5.74) is 0. The van der Waals surface area contributed by atoms with Crippen molar-refractivity contribution in [2.75, 3.05) is 31.8 Å². The van der Waals surface area contributed by atoms with Gasteiger partial charge in [0.15, 0.2) is 9.84 Å². The molecule has 0 saturated carbocycles. The minimum absolute atomic E-state index is 0.0660. The van der Waals surface area contributed by atoms with Crippen LogP contribution in [0, 0.1) is 5.92 Å². The third-order valence-electron chi connectivity index (χ3n) is 3.68. The molecule has 118 valence electrons. The Hall–Kier alpha value is -0.660. The number of nitrogens with zero attached hydrogens (tertiary/aromatic N) is 1. The zero-order chi connectivity index (χ0) is 15.3. The largest absolute Gasteiger partial charge is 0.480 e. The van der Waals surface area contributed by atoms with Crippen LogP contribution in [-0.2, 0) is 19.4 Å². The number of methoxy groups -OCH3 is 1. The molecule has 7 heteroatoms. The Balaban J connectivity index is 2.86. The number of hydrogen-bond acceptors (Lipinski definition) is 5. The van der Waals surface area contributed by atoms with Crippen LogP contribution in [-0.4, -0.2) is 68.2 Å². The van der Waals surface area contributed by atoms with E-state index in [9.17, 15) is 18.3 Å². The van der Waals surface area contributed by atoms with Crippen molar-refractivity contribution in [3.8, 4) is 0 Å². The second-order valence-corrected chi connectivity index (χ2v) is 7.90. The van der Waals surface area contributed by atoms with Crippen LogP contribution < -0.4 is 0 Å². The first-order valence-electron chi connectivity index (χ1n) is 6.96. The summed E-state index contributed by atoms with van der Waals surface area (Å²) in [6, 6.07) is -0.842. The molecule has 0 aromatic heterocycles. The van der Waals surface area contributed by atoms with Gasteiger partial charge in [-0.25, -0.2) is 8.42 Å². The highest BCUT2D eigenvalue weighted by atomic mass is 32.2. The zero-order valence-corrected chi connectivity index (χ0v) is 13.2. The highest BCUT2D eigenvalue weighted by Gasteiger charge is 2.38. The van der Waals surface area contributed by atoms with E-state index in [1.165, 1.54) is 0 Å². The quantitative estimate of drug-likeness (QED) is 0.662. The molecule has 0 radical (unpaired) electrons. The smallest absolute Gasteiger partial charge is 0.321 e.